The summed E-state index contributed by atoms with van der Waals surface area (Å²) in [6.45, 7) is 4.97. The molecule has 0 atom stereocenters. The highest BCUT2D eigenvalue weighted by Gasteiger charge is 2.27. The van der Waals surface area contributed by atoms with Crippen molar-refractivity contribution in [2.24, 2.45) is 5.92 Å². The maximum Gasteiger partial charge on any atom is 0.223 e. The van der Waals surface area contributed by atoms with Crippen molar-refractivity contribution in [3.05, 3.63) is 59.9 Å². The van der Waals surface area contributed by atoms with E-state index in [0.717, 1.165) is 55.0 Å². The first-order valence-corrected chi connectivity index (χ1v) is 9.88. The van der Waals surface area contributed by atoms with E-state index >= 15 is 0 Å². The summed E-state index contributed by atoms with van der Waals surface area (Å²) in [7, 11) is 0. The molecule has 2 aromatic carbocycles. The molecule has 1 N–H and O–H groups in total. The molecule has 0 saturated carbocycles. The van der Waals surface area contributed by atoms with Gasteiger partial charge in [0.05, 0.1) is 11.0 Å². The van der Waals surface area contributed by atoms with Gasteiger partial charge in [0.25, 0.3) is 0 Å². The van der Waals surface area contributed by atoms with Gasteiger partial charge < -0.3 is 14.8 Å². The number of benzene rings is 2. The number of amides is 1. The van der Waals surface area contributed by atoms with Crippen molar-refractivity contribution in [3.8, 4) is 0 Å². The highest BCUT2D eigenvalue weighted by molar-refractivity contribution is 5.80. The van der Waals surface area contributed by atoms with Gasteiger partial charge in [-0.1, -0.05) is 24.3 Å². The molecule has 1 aromatic heterocycles. The number of fused-ring (bicyclic) bond motifs is 1. The van der Waals surface area contributed by atoms with Crippen molar-refractivity contribution < 1.29 is 9.18 Å². The fourth-order valence-electron chi connectivity index (χ4n) is 3.94. The summed E-state index contributed by atoms with van der Waals surface area (Å²) in [5.41, 5.74) is 2.94. The number of para-hydroxylation sites is 2. The number of nitrogens with zero attached hydrogens (tertiary/aromatic N) is 3. The SMILES string of the molecule is CCn1c(N2CCC(C(=O)NCc3cccc(F)c3)CC2)nc2ccccc21. The lowest BCUT2D eigenvalue weighted by molar-refractivity contribution is -0.125. The third kappa shape index (κ3) is 3.72. The molecule has 0 bridgehead atoms. The molecule has 146 valence electrons. The molecule has 1 fully saturated rings. The fraction of sp³-hybridized carbons (Fsp3) is 0.364. The van der Waals surface area contributed by atoms with Crippen molar-refractivity contribution in [1.29, 1.82) is 0 Å². The molecule has 0 aliphatic carbocycles. The molecule has 0 spiro atoms. The number of piperidine rings is 1. The van der Waals surface area contributed by atoms with Gasteiger partial charge in [-0.2, -0.15) is 0 Å². The van der Waals surface area contributed by atoms with Crippen molar-refractivity contribution in [1.82, 2.24) is 14.9 Å². The van der Waals surface area contributed by atoms with Crippen LogP contribution in [0.3, 0.4) is 0 Å². The smallest absolute Gasteiger partial charge is 0.223 e. The summed E-state index contributed by atoms with van der Waals surface area (Å²) in [6, 6.07) is 14.5. The van der Waals surface area contributed by atoms with E-state index in [9.17, 15) is 9.18 Å². The van der Waals surface area contributed by atoms with Gasteiger partial charge >= 0.3 is 0 Å². The van der Waals surface area contributed by atoms with E-state index in [-0.39, 0.29) is 17.6 Å². The van der Waals surface area contributed by atoms with Crippen LogP contribution in [0.25, 0.3) is 11.0 Å². The zero-order valence-corrected chi connectivity index (χ0v) is 16.1. The minimum absolute atomic E-state index is 0.00994. The quantitative estimate of drug-likeness (QED) is 0.734. The predicted octanol–water partition coefficient (Wildman–Crippen LogP) is 3.73. The maximum absolute atomic E-state index is 13.3. The maximum atomic E-state index is 13.3. The highest BCUT2D eigenvalue weighted by atomic mass is 19.1. The van der Waals surface area contributed by atoms with Crippen LogP contribution in [-0.4, -0.2) is 28.5 Å². The summed E-state index contributed by atoms with van der Waals surface area (Å²) in [6.07, 6.45) is 1.59. The number of halogens is 1. The number of carbonyl (C=O) groups is 1. The average Bonchev–Trinajstić information content (AvgIpc) is 3.11. The van der Waals surface area contributed by atoms with Crippen molar-refractivity contribution in [2.45, 2.75) is 32.9 Å². The molecular formula is C22H25FN4O. The second kappa shape index (κ2) is 8.00. The van der Waals surface area contributed by atoms with Gasteiger partial charge in [-0.15, -0.1) is 0 Å². The first-order valence-electron chi connectivity index (χ1n) is 9.88. The highest BCUT2D eigenvalue weighted by Crippen LogP contribution is 2.27. The number of imidazole rings is 1. The monoisotopic (exact) mass is 380 g/mol. The van der Waals surface area contributed by atoms with Crippen LogP contribution in [-0.2, 0) is 17.9 Å². The third-order valence-electron chi connectivity index (χ3n) is 5.45. The van der Waals surface area contributed by atoms with Gasteiger partial charge in [-0.3, -0.25) is 4.79 Å². The second-order valence-electron chi connectivity index (χ2n) is 7.25. The number of carbonyl (C=O) groups excluding carboxylic acids is 1. The number of rotatable bonds is 5. The normalized spacial score (nSPS) is 15.1. The number of aryl methyl sites for hydroxylation is 1. The Morgan fingerprint density at radius 1 is 1.18 bits per heavy atom. The first-order chi connectivity index (χ1) is 13.7. The van der Waals surface area contributed by atoms with Gasteiger partial charge in [0.1, 0.15) is 5.82 Å². The number of hydrogen-bond donors (Lipinski definition) is 1. The van der Waals surface area contributed by atoms with E-state index in [0.29, 0.717) is 6.54 Å². The number of hydrogen-bond acceptors (Lipinski definition) is 3. The van der Waals surface area contributed by atoms with Crippen LogP contribution in [0.15, 0.2) is 48.5 Å². The fourth-order valence-corrected chi connectivity index (χ4v) is 3.94. The zero-order chi connectivity index (χ0) is 19.5. The summed E-state index contributed by atoms with van der Waals surface area (Å²) in [4.78, 5) is 19.6. The van der Waals surface area contributed by atoms with E-state index in [4.69, 9.17) is 4.98 Å². The van der Waals surface area contributed by atoms with Gasteiger partial charge in [-0.05, 0) is 49.6 Å². The molecule has 4 rings (SSSR count). The molecule has 1 amide bonds. The molecule has 6 heteroatoms. The topological polar surface area (TPSA) is 50.2 Å². The summed E-state index contributed by atoms with van der Waals surface area (Å²) >= 11 is 0. The third-order valence-corrected chi connectivity index (χ3v) is 5.45. The molecule has 5 nitrogen and oxygen atoms in total. The van der Waals surface area contributed by atoms with Crippen LogP contribution in [0.4, 0.5) is 10.3 Å². The van der Waals surface area contributed by atoms with Crippen LogP contribution in [0.5, 0.6) is 0 Å². The van der Waals surface area contributed by atoms with Crippen molar-refractivity contribution in [2.75, 3.05) is 18.0 Å². The van der Waals surface area contributed by atoms with Gasteiger partial charge in [0.2, 0.25) is 11.9 Å². The molecule has 0 unspecified atom stereocenters. The van der Waals surface area contributed by atoms with Gasteiger partial charge in [0, 0.05) is 32.1 Å². The summed E-state index contributed by atoms with van der Waals surface area (Å²) in [5, 5.41) is 2.95. The molecule has 1 aliphatic rings. The van der Waals surface area contributed by atoms with Crippen LogP contribution in [0.2, 0.25) is 0 Å². The Balaban J connectivity index is 1.37. The average molecular weight is 380 g/mol. The summed E-state index contributed by atoms with van der Waals surface area (Å²) < 4.78 is 15.5. The number of nitrogens with one attached hydrogen (secondary N) is 1. The van der Waals surface area contributed by atoms with E-state index in [1.54, 1.807) is 6.07 Å². The molecule has 28 heavy (non-hydrogen) atoms. The Kier molecular flexibility index (Phi) is 5.28. The van der Waals surface area contributed by atoms with Crippen LogP contribution < -0.4 is 10.2 Å². The second-order valence-corrected chi connectivity index (χ2v) is 7.25. The lowest BCUT2D eigenvalue weighted by Crippen LogP contribution is -2.41. The largest absolute Gasteiger partial charge is 0.352 e. The van der Waals surface area contributed by atoms with Crippen LogP contribution in [0.1, 0.15) is 25.3 Å². The van der Waals surface area contributed by atoms with Crippen molar-refractivity contribution in [3.63, 3.8) is 0 Å². The van der Waals surface area contributed by atoms with E-state index in [1.807, 2.05) is 24.3 Å². The lowest BCUT2D eigenvalue weighted by atomic mass is 9.96. The summed E-state index contributed by atoms with van der Waals surface area (Å²) in [5.74, 6) is 0.748. The molecule has 2 heterocycles. The Morgan fingerprint density at radius 3 is 2.71 bits per heavy atom. The number of aromatic nitrogens is 2. The molecule has 1 saturated heterocycles. The van der Waals surface area contributed by atoms with E-state index in [1.165, 1.54) is 12.1 Å². The Morgan fingerprint density at radius 2 is 1.96 bits per heavy atom. The van der Waals surface area contributed by atoms with Crippen molar-refractivity contribution >= 4 is 22.9 Å². The lowest BCUT2D eigenvalue weighted by Gasteiger charge is -2.32. The standard InChI is InChI=1S/C22H25FN4O/c1-2-27-20-9-4-3-8-19(20)25-22(27)26-12-10-17(11-13-26)21(28)24-15-16-6-5-7-18(23)14-16/h3-9,14,17H,2,10-13,15H2,1H3,(H,24,28). The Labute approximate surface area is 164 Å². The number of anilines is 1. The minimum Gasteiger partial charge on any atom is -0.352 e. The Bertz CT molecular complexity index is 976. The Hall–Kier alpha value is -2.89. The van der Waals surface area contributed by atoms with Crippen LogP contribution in [0, 0.1) is 11.7 Å². The molecular weight excluding hydrogens is 355 g/mol. The molecule has 3 aromatic rings. The van der Waals surface area contributed by atoms with Gasteiger partial charge in [-0.25, -0.2) is 9.37 Å². The van der Waals surface area contributed by atoms with Gasteiger partial charge in [0.15, 0.2) is 0 Å². The molecule has 1 aliphatic heterocycles. The van der Waals surface area contributed by atoms with E-state index in [2.05, 4.69) is 27.8 Å². The zero-order valence-electron chi connectivity index (χ0n) is 16.1. The molecule has 0 radical (unpaired) electrons. The minimum atomic E-state index is -0.279. The van der Waals surface area contributed by atoms with E-state index < -0.39 is 0 Å². The first kappa shape index (κ1) is 18.5. The van der Waals surface area contributed by atoms with Crippen LogP contribution >= 0.6 is 0 Å². The predicted molar refractivity (Wildman–Crippen MR) is 109 cm³/mol.